The molecule has 2 atom stereocenters. The maximum atomic E-state index is 13.2. The lowest BCUT2D eigenvalue weighted by atomic mass is 10.1. The molecular weight excluding hydrogens is 273 g/mol. The first kappa shape index (κ1) is 14.2. The van der Waals surface area contributed by atoms with Crippen LogP contribution in [0.25, 0.3) is 0 Å². The van der Waals surface area contributed by atoms with Crippen LogP contribution in [0.5, 0.6) is 0 Å². The number of amides is 1. The largest absolute Gasteiger partial charge is 0.387 e. The molecule has 2 N–H and O–H groups in total. The number of aliphatic hydroxyl groups excluding tert-OH is 1. The van der Waals surface area contributed by atoms with E-state index in [0.29, 0.717) is 25.2 Å². The molecule has 4 nitrogen and oxygen atoms in total. The monoisotopic (exact) mass is 287 g/mol. The molecule has 2 unspecified atom stereocenters. The third kappa shape index (κ3) is 3.65. The smallest absolute Gasteiger partial charge is 0.225 e. The lowest BCUT2D eigenvalue weighted by Crippen LogP contribution is -2.34. The van der Waals surface area contributed by atoms with E-state index in [1.807, 2.05) is 0 Å². The summed E-state index contributed by atoms with van der Waals surface area (Å²) in [5.74, 6) is -0.895. The van der Waals surface area contributed by atoms with Crippen molar-refractivity contribution in [3.05, 3.63) is 34.6 Å². The van der Waals surface area contributed by atoms with Gasteiger partial charge in [0.2, 0.25) is 5.91 Å². The minimum Gasteiger partial charge on any atom is -0.387 e. The molecule has 0 saturated carbocycles. The predicted octanol–water partition coefficient (Wildman–Crippen LogP) is 1.67. The van der Waals surface area contributed by atoms with Crippen LogP contribution in [-0.4, -0.2) is 30.8 Å². The lowest BCUT2D eigenvalue weighted by Gasteiger charge is -2.14. The number of carbonyl (C=O) groups is 1. The summed E-state index contributed by atoms with van der Waals surface area (Å²) in [6, 6.07) is 4.07. The fourth-order valence-electron chi connectivity index (χ4n) is 1.92. The lowest BCUT2D eigenvalue weighted by molar-refractivity contribution is -0.125. The van der Waals surface area contributed by atoms with E-state index in [1.54, 1.807) is 0 Å². The minimum atomic E-state index is -0.960. The number of benzene rings is 1. The molecule has 1 heterocycles. The third-order valence-electron chi connectivity index (χ3n) is 3.10. The summed E-state index contributed by atoms with van der Waals surface area (Å²) >= 11 is 5.56. The standard InChI is InChI=1S/C13H15ClFNO3/c14-10-2-1-8(5-11(10)15)12(17)6-16-13(18)9-3-4-19-7-9/h1-2,5,9,12,17H,3-4,6-7H2,(H,16,18). The normalized spacial score (nSPS) is 20.3. The number of halogens is 2. The zero-order valence-electron chi connectivity index (χ0n) is 10.2. The second kappa shape index (κ2) is 6.32. The van der Waals surface area contributed by atoms with E-state index in [0.717, 1.165) is 6.07 Å². The summed E-state index contributed by atoms with van der Waals surface area (Å²) in [4.78, 5) is 11.7. The van der Waals surface area contributed by atoms with Crippen LogP contribution in [0.4, 0.5) is 4.39 Å². The quantitative estimate of drug-likeness (QED) is 0.885. The average molecular weight is 288 g/mol. The van der Waals surface area contributed by atoms with Crippen LogP contribution < -0.4 is 5.32 Å². The zero-order valence-corrected chi connectivity index (χ0v) is 11.0. The molecule has 1 aliphatic rings. The van der Waals surface area contributed by atoms with E-state index < -0.39 is 11.9 Å². The van der Waals surface area contributed by atoms with Crippen LogP contribution in [0.3, 0.4) is 0 Å². The van der Waals surface area contributed by atoms with E-state index in [-0.39, 0.29) is 23.4 Å². The Morgan fingerprint density at radius 3 is 3.05 bits per heavy atom. The van der Waals surface area contributed by atoms with Gasteiger partial charge in [-0.05, 0) is 24.1 Å². The molecule has 0 spiro atoms. The first-order valence-electron chi connectivity index (χ1n) is 6.06. The van der Waals surface area contributed by atoms with Gasteiger partial charge in [-0.3, -0.25) is 4.79 Å². The highest BCUT2D eigenvalue weighted by atomic mass is 35.5. The Morgan fingerprint density at radius 1 is 1.63 bits per heavy atom. The van der Waals surface area contributed by atoms with Crippen molar-refractivity contribution in [2.75, 3.05) is 19.8 Å². The van der Waals surface area contributed by atoms with Crippen molar-refractivity contribution in [2.45, 2.75) is 12.5 Å². The molecular formula is C13H15ClFNO3. The number of rotatable bonds is 4. The predicted molar refractivity (Wildman–Crippen MR) is 68.3 cm³/mol. The maximum Gasteiger partial charge on any atom is 0.225 e. The molecule has 1 aromatic rings. The van der Waals surface area contributed by atoms with Gasteiger partial charge in [0, 0.05) is 13.2 Å². The molecule has 6 heteroatoms. The Kier molecular flexibility index (Phi) is 4.74. The van der Waals surface area contributed by atoms with Gasteiger partial charge in [0.05, 0.1) is 23.7 Å². The number of hydrogen-bond donors (Lipinski definition) is 2. The van der Waals surface area contributed by atoms with Crippen molar-refractivity contribution in [3.8, 4) is 0 Å². The highest BCUT2D eigenvalue weighted by Gasteiger charge is 2.23. The minimum absolute atomic E-state index is 0.00286. The fraction of sp³-hybridized carbons (Fsp3) is 0.462. The molecule has 1 saturated heterocycles. The van der Waals surface area contributed by atoms with Gasteiger partial charge in [-0.15, -0.1) is 0 Å². The van der Waals surface area contributed by atoms with Crippen molar-refractivity contribution < 1.29 is 19.0 Å². The van der Waals surface area contributed by atoms with Crippen LogP contribution in [-0.2, 0) is 9.53 Å². The molecule has 1 aliphatic heterocycles. The van der Waals surface area contributed by atoms with E-state index in [9.17, 15) is 14.3 Å². The Morgan fingerprint density at radius 2 is 2.42 bits per heavy atom. The number of ether oxygens (including phenoxy) is 1. The van der Waals surface area contributed by atoms with Crippen molar-refractivity contribution in [1.82, 2.24) is 5.32 Å². The van der Waals surface area contributed by atoms with Gasteiger partial charge in [-0.25, -0.2) is 4.39 Å². The Hall–Kier alpha value is -1.17. The van der Waals surface area contributed by atoms with Gasteiger partial charge in [0.1, 0.15) is 5.82 Å². The average Bonchev–Trinajstić information content (AvgIpc) is 2.92. The summed E-state index contributed by atoms with van der Waals surface area (Å²) in [5.41, 5.74) is 0.380. The molecule has 0 aliphatic carbocycles. The number of nitrogens with one attached hydrogen (secondary N) is 1. The summed E-state index contributed by atoms with van der Waals surface area (Å²) in [6.07, 6.45) is -0.268. The summed E-state index contributed by atoms with van der Waals surface area (Å²) < 4.78 is 18.3. The van der Waals surface area contributed by atoms with Crippen molar-refractivity contribution in [2.24, 2.45) is 5.92 Å². The molecule has 0 radical (unpaired) electrons. The summed E-state index contributed by atoms with van der Waals surface area (Å²) in [5, 5.41) is 12.5. The number of hydrogen-bond acceptors (Lipinski definition) is 3. The van der Waals surface area contributed by atoms with Gasteiger partial charge in [-0.1, -0.05) is 17.7 Å². The molecule has 0 bridgehead atoms. The van der Waals surface area contributed by atoms with Crippen LogP contribution in [0.1, 0.15) is 18.1 Å². The van der Waals surface area contributed by atoms with E-state index in [1.165, 1.54) is 12.1 Å². The zero-order chi connectivity index (χ0) is 13.8. The topological polar surface area (TPSA) is 58.6 Å². The van der Waals surface area contributed by atoms with E-state index >= 15 is 0 Å². The first-order chi connectivity index (χ1) is 9.08. The fourth-order valence-corrected chi connectivity index (χ4v) is 2.04. The van der Waals surface area contributed by atoms with Crippen LogP contribution in [0, 0.1) is 11.7 Å². The van der Waals surface area contributed by atoms with Gasteiger partial charge in [0.25, 0.3) is 0 Å². The van der Waals surface area contributed by atoms with E-state index in [2.05, 4.69) is 5.32 Å². The maximum absolute atomic E-state index is 13.2. The van der Waals surface area contributed by atoms with Gasteiger partial charge in [-0.2, -0.15) is 0 Å². The van der Waals surface area contributed by atoms with Crippen molar-refractivity contribution in [1.29, 1.82) is 0 Å². The van der Waals surface area contributed by atoms with E-state index in [4.69, 9.17) is 16.3 Å². The number of carbonyl (C=O) groups excluding carboxylic acids is 1. The molecule has 1 amide bonds. The first-order valence-corrected chi connectivity index (χ1v) is 6.44. The van der Waals surface area contributed by atoms with Gasteiger partial charge < -0.3 is 15.2 Å². The van der Waals surface area contributed by atoms with Crippen molar-refractivity contribution in [3.63, 3.8) is 0 Å². The van der Waals surface area contributed by atoms with Crippen LogP contribution >= 0.6 is 11.6 Å². The Balaban J connectivity index is 1.88. The molecule has 104 valence electrons. The van der Waals surface area contributed by atoms with Crippen LogP contribution in [0.15, 0.2) is 18.2 Å². The SMILES string of the molecule is O=C(NCC(O)c1ccc(Cl)c(F)c1)C1CCOC1. The highest BCUT2D eigenvalue weighted by Crippen LogP contribution is 2.20. The second-order valence-corrected chi connectivity index (χ2v) is 4.90. The molecule has 0 aromatic heterocycles. The van der Waals surface area contributed by atoms with Gasteiger partial charge in [0.15, 0.2) is 0 Å². The highest BCUT2D eigenvalue weighted by molar-refractivity contribution is 6.30. The summed E-state index contributed by atoms with van der Waals surface area (Å²) in [6.45, 7) is 1.04. The second-order valence-electron chi connectivity index (χ2n) is 4.50. The molecule has 1 fully saturated rings. The third-order valence-corrected chi connectivity index (χ3v) is 3.41. The van der Waals surface area contributed by atoms with Crippen molar-refractivity contribution >= 4 is 17.5 Å². The Bertz CT molecular complexity index is 463. The number of aliphatic hydroxyl groups is 1. The molecule has 2 rings (SSSR count). The van der Waals surface area contributed by atoms with Gasteiger partial charge >= 0.3 is 0 Å². The molecule has 1 aromatic carbocycles. The summed E-state index contributed by atoms with van der Waals surface area (Å²) in [7, 11) is 0. The van der Waals surface area contributed by atoms with Crippen LogP contribution in [0.2, 0.25) is 5.02 Å². The Labute approximate surface area is 115 Å². The molecule has 19 heavy (non-hydrogen) atoms.